The van der Waals surface area contributed by atoms with Gasteiger partial charge in [0.05, 0.1) is 17.6 Å². The van der Waals surface area contributed by atoms with Crippen LogP contribution in [0.15, 0.2) is 24.3 Å². The highest BCUT2D eigenvalue weighted by Crippen LogP contribution is 2.43. The molecule has 1 unspecified atom stereocenters. The number of ether oxygens (including phenoxy) is 1. The Balaban J connectivity index is 2.40. The average Bonchev–Trinajstić information content (AvgIpc) is 2.72. The Bertz CT molecular complexity index is 537. The minimum atomic E-state index is -0.730. The van der Waals surface area contributed by atoms with Gasteiger partial charge in [-0.15, -0.1) is 23.5 Å². The smallest absolute Gasteiger partial charge is 0.304 e. The first-order chi connectivity index (χ1) is 14.2. The van der Waals surface area contributed by atoms with Crippen LogP contribution in [0.4, 0.5) is 0 Å². The van der Waals surface area contributed by atoms with Crippen LogP contribution in [-0.4, -0.2) is 29.2 Å². The van der Waals surface area contributed by atoms with E-state index >= 15 is 0 Å². The quantitative estimate of drug-likeness (QED) is 0.175. The fraction of sp³-hybridized carbons (Fsp3) is 0.708. The maximum Gasteiger partial charge on any atom is 0.304 e. The number of hydrogen-bond donors (Lipinski definition) is 1. The minimum Gasteiger partial charge on any atom is -0.493 e. The highest BCUT2D eigenvalue weighted by Gasteiger charge is 2.17. The molecule has 0 amide bonds. The van der Waals surface area contributed by atoms with Crippen molar-refractivity contribution in [3.8, 4) is 5.75 Å². The number of benzene rings is 1. The molecule has 5 heteroatoms. The number of aliphatic carboxylic acids is 1. The predicted molar refractivity (Wildman–Crippen MR) is 129 cm³/mol. The summed E-state index contributed by atoms with van der Waals surface area (Å²) in [6, 6.07) is 8.27. The van der Waals surface area contributed by atoms with Crippen LogP contribution in [0.2, 0.25) is 0 Å². The van der Waals surface area contributed by atoms with Crippen LogP contribution < -0.4 is 4.74 Å². The van der Waals surface area contributed by atoms with Crippen molar-refractivity contribution in [1.82, 2.24) is 0 Å². The van der Waals surface area contributed by atoms with Gasteiger partial charge in [0.25, 0.3) is 0 Å². The van der Waals surface area contributed by atoms with Crippen LogP contribution in [-0.2, 0) is 4.79 Å². The van der Waals surface area contributed by atoms with E-state index in [1.165, 1.54) is 56.9 Å². The number of carboxylic acids is 1. The second-order valence-electron chi connectivity index (χ2n) is 7.43. The molecule has 1 atom stereocenters. The number of thioether (sulfide) groups is 2. The van der Waals surface area contributed by atoms with Crippen molar-refractivity contribution >= 4 is 29.5 Å². The molecule has 29 heavy (non-hydrogen) atoms. The van der Waals surface area contributed by atoms with Gasteiger partial charge < -0.3 is 9.84 Å². The van der Waals surface area contributed by atoms with Crippen LogP contribution in [0.3, 0.4) is 0 Å². The Morgan fingerprint density at radius 1 is 0.897 bits per heavy atom. The fourth-order valence-corrected chi connectivity index (χ4v) is 5.77. The predicted octanol–water partition coefficient (Wildman–Crippen LogP) is 7.95. The van der Waals surface area contributed by atoms with Crippen LogP contribution in [0.25, 0.3) is 0 Å². The first-order valence-corrected chi connectivity index (χ1v) is 13.5. The molecule has 0 saturated carbocycles. The number of unbranched alkanes of at least 4 members (excludes halogenated alkanes) is 8. The summed E-state index contributed by atoms with van der Waals surface area (Å²) in [5.74, 6) is 1.93. The van der Waals surface area contributed by atoms with E-state index in [2.05, 4.69) is 32.0 Å². The van der Waals surface area contributed by atoms with Crippen molar-refractivity contribution in [2.75, 3.05) is 18.1 Å². The molecule has 1 aromatic carbocycles. The Labute approximate surface area is 186 Å². The molecule has 166 valence electrons. The number of carbonyl (C=O) groups is 1. The van der Waals surface area contributed by atoms with E-state index in [1.54, 1.807) is 11.8 Å². The largest absolute Gasteiger partial charge is 0.493 e. The summed E-state index contributed by atoms with van der Waals surface area (Å²) >= 11 is 3.61. The van der Waals surface area contributed by atoms with Crippen LogP contribution in [0.1, 0.15) is 94.6 Å². The van der Waals surface area contributed by atoms with Gasteiger partial charge >= 0.3 is 5.97 Å². The topological polar surface area (TPSA) is 46.5 Å². The molecule has 1 aromatic rings. The summed E-state index contributed by atoms with van der Waals surface area (Å²) in [4.78, 5) is 10.9. The average molecular weight is 441 g/mol. The standard InChI is InChI=1S/C24H40O3S2/c1-3-5-6-7-8-9-10-11-14-18-27-22-16-13-12-15-21(22)24(28-19-4-2)29-20-17-23(25)26/h12-13,15-16,24H,3-11,14,17-20H2,1-2H3,(H,25,26). The first kappa shape index (κ1) is 26.2. The lowest BCUT2D eigenvalue weighted by molar-refractivity contribution is -0.136. The van der Waals surface area contributed by atoms with E-state index < -0.39 is 5.97 Å². The Morgan fingerprint density at radius 3 is 2.17 bits per heavy atom. The molecule has 0 radical (unpaired) electrons. The van der Waals surface area contributed by atoms with Crippen molar-refractivity contribution < 1.29 is 14.6 Å². The lowest BCUT2D eigenvalue weighted by Gasteiger charge is -2.20. The molecule has 0 fully saturated rings. The molecule has 0 aliphatic carbocycles. The van der Waals surface area contributed by atoms with E-state index in [0.717, 1.165) is 31.0 Å². The summed E-state index contributed by atoms with van der Waals surface area (Å²) in [6.45, 7) is 5.20. The summed E-state index contributed by atoms with van der Waals surface area (Å²) in [5.41, 5.74) is 1.19. The summed E-state index contributed by atoms with van der Waals surface area (Å²) in [6.07, 6.45) is 13.1. The van der Waals surface area contributed by atoms with Gasteiger partial charge in [0.1, 0.15) is 5.75 Å². The van der Waals surface area contributed by atoms with E-state index in [4.69, 9.17) is 9.84 Å². The van der Waals surface area contributed by atoms with E-state index in [0.29, 0.717) is 5.75 Å². The zero-order valence-corrected chi connectivity index (χ0v) is 20.0. The molecule has 1 rings (SSSR count). The Kier molecular flexibility index (Phi) is 16.3. The Hall–Kier alpha value is -0.810. The minimum absolute atomic E-state index is 0.204. The molecule has 0 saturated heterocycles. The number of para-hydroxylation sites is 1. The van der Waals surface area contributed by atoms with Gasteiger partial charge in [-0.3, -0.25) is 4.79 Å². The monoisotopic (exact) mass is 440 g/mol. The molecule has 0 aliphatic rings. The van der Waals surface area contributed by atoms with Gasteiger partial charge in [0, 0.05) is 11.3 Å². The molecule has 0 aromatic heterocycles. The molecule has 3 nitrogen and oxygen atoms in total. The third kappa shape index (κ3) is 13.2. The van der Waals surface area contributed by atoms with E-state index in [-0.39, 0.29) is 11.0 Å². The van der Waals surface area contributed by atoms with Crippen molar-refractivity contribution in [1.29, 1.82) is 0 Å². The van der Waals surface area contributed by atoms with Crippen molar-refractivity contribution in [2.24, 2.45) is 0 Å². The highest BCUT2D eigenvalue weighted by atomic mass is 32.2. The van der Waals surface area contributed by atoms with Gasteiger partial charge in [0.15, 0.2) is 0 Å². The molecular weight excluding hydrogens is 400 g/mol. The van der Waals surface area contributed by atoms with Gasteiger partial charge in [-0.05, 0) is 24.7 Å². The summed E-state index contributed by atoms with van der Waals surface area (Å²) in [5, 5.41) is 8.94. The van der Waals surface area contributed by atoms with Gasteiger partial charge in [0.2, 0.25) is 0 Å². The fourth-order valence-electron chi connectivity index (χ4n) is 3.11. The SMILES string of the molecule is CCCCCCCCCCCOc1ccccc1C(SCCC)SCCC(=O)O. The maximum atomic E-state index is 10.9. The lowest BCUT2D eigenvalue weighted by atomic mass is 10.1. The molecule has 0 heterocycles. The summed E-state index contributed by atoms with van der Waals surface area (Å²) < 4.78 is 6.37. The molecule has 0 bridgehead atoms. The zero-order valence-electron chi connectivity index (χ0n) is 18.4. The van der Waals surface area contributed by atoms with Crippen LogP contribution in [0.5, 0.6) is 5.75 Å². The number of hydrogen-bond acceptors (Lipinski definition) is 4. The van der Waals surface area contributed by atoms with Crippen molar-refractivity contribution in [3.05, 3.63) is 29.8 Å². The number of rotatable bonds is 19. The van der Waals surface area contributed by atoms with Gasteiger partial charge in [-0.2, -0.15) is 0 Å². The third-order valence-corrected chi connectivity index (χ3v) is 7.75. The zero-order chi connectivity index (χ0) is 21.2. The molecule has 1 N–H and O–H groups in total. The van der Waals surface area contributed by atoms with Crippen LogP contribution >= 0.6 is 23.5 Å². The highest BCUT2D eigenvalue weighted by molar-refractivity contribution is 8.16. The second-order valence-corrected chi connectivity index (χ2v) is 10.2. The van der Waals surface area contributed by atoms with Gasteiger partial charge in [-0.25, -0.2) is 0 Å². The second kappa shape index (κ2) is 18.0. The molecular formula is C24H40O3S2. The molecule has 0 spiro atoms. The lowest BCUT2D eigenvalue weighted by Crippen LogP contribution is -2.03. The van der Waals surface area contributed by atoms with Crippen LogP contribution in [0, 0.1) is 0 Å². The van der Waals surface area contributed by atoms with Crippen molar-refractivity contribution in [2.45, 2.75) is 89.1 Å². The number of carboxylic acid groups (broad SMARTS) is 1. The van der Waals surface area contributed by atoms with Gasteiger partial charge in [-0.1, -0.05) is 83.4 Å². The normalized spacial score (nSPS) is 12.1. The van der Waals surface area contributed by atoms with Crippen molar-refractivity contribution in [3.63, 3.8) is 0 Å². The maximum absolute atomic E-state index is 10.9. The first-order valence-electron chi connectivity index (χ1n) is 11.4. The van der Waals surface area contributed by atoms with E-state index in [1.807, 2.05) is 17.8 Å². The third-order valence-electron chi connectivity index (χ3n) is 4.74. The summed E-state index contributed by atoms with van der Waals surface area (Å²) in [7, 11) is 0. The van der Waals surface area contributed by atoms with E-state index in [9.17, 15) is 4.79 Å². The Morgan fingerprint density at radius 2 is 1.52 bits per heavy atom. The molecule has 0 aliphatic heterocycles.